The van der Waals surface area contributed by atoms with Gasteiger partial charge in [0.1, 0.15) is 0 Å². The van der Waals surface area contributed by atoms with Gasteiger partial charge in [0.2, 0.25) is 6.79 Å². The average molecular weight is 329 g/mol. The lowest BCUT2D eigenvalue weighted by Gasteiger charge is -2.24. The highest BCUT2D eigenvalue weighted by Crippen LogP contribution is 2.38. The lowest BCUT2D eigenvalue weighted by Crippen LogP contribution is -2.31. The molecule has 0 saturated carbocycles. The van der Waals surface area contributed by atoms with Crippen LogP contribution in [0.5, 0.6) is 11.5 Å². The predicted octanol–water partition coefficient (Wildman–Crippen LogP) is 1.92. The lowest BCUT2D eigenvalue weighted by molar-refractivity contribution is -0.308. The van der Waals surface area contributed by atoms with Crippen LogP contribution in [0.4, 0.5) is 0 Å². The summed E-state index contributed by atoms with van der Waals surface area (Å²) in [6, 6.07) is 3.70. The normalized spacial score (nSPS) is 13.8. The summed E-state index contributed by atoms with van der Waals surface area (Å²) in [5.74, 6) is -0.357. The Hall–Kier alpha value is -1.46. The van der Waals surface area contributed by atoms with Crippen molar-refractivity contribution in [1.82, 2.24) is 4.90 Å². The molecule has 0 aromatic heterocycles. The first-order valence-electron chi connectivity index (χ1n) is 7.46. The standard InChI is InChI=1S/C16H23NO4.ClH/c1-4-12(16(18)19)13-8-15-14(20-10-21-15)7-11(13)9-17(5-2)6-3;/h7-8,12H,4-6,9-10H2,1-3H3,(H,18,19);1H/p-1. The van der Waals surface area contributed by atoms with Gasteiger partial charge < -0.3 is 19.4 Å². The summed E-state index contributed by atoms with van der Waals surface area (Å²) in [7, 11) is 0. The van der Waals surface area contributed by atoms with Crippen LogP contribution >= 0.6 is 12.4 Å². The minimum absolute atomic E-state index is 0. The van der Waals surface area contributed by atoms with Crippen LogP contribution in [-0.2, 0) is 11.3 Å². The van der Waals surface area contributed by atoms with E-state index in [1.165, 1.54) is 0 Å². The molecule has 0 saturated heterocycles. The maximum atomic E-state index is 11.4. The molecule has 0 N–H and O–H groups in total. The highest BCUT2D eigenvalue weighted by Gasteiger charge is 2.22. The fraction of sp³-hybridized carbons (Fsp3) is 0.562. The van der Waals surface area contributed by atoms with E-state index in [4.69, 9.17) is 9.47 Å². The van der Waals surface area contributed by atoms with Gasteiger partial charge in [0, 0.05) is 18.4 Å². The van der Waals surface area contributed by atoms with Crippen LogP contribution in [0.3, 0.4) is 0 Å². The van der Waals surface area contributed by atoms with Gasteiger partial charge in [-0.3, -0.25) is 4.90 Å². The average Bonchev–Trinajstić information content (AvgIpc) is 2.92. The number of ether oxygens (including phenoxy) is 2. The molecule has 1 unspecified atom stereocenters. The number of carbonyl (C=O) groups is 1. The predicted molar refractivity (Wildman–Crippen MR) is 84.5 cm³/mol. The van der Waals surface area contributed by atoms with Crippen LogP contribution in [0, 0.1) is 0 Å². The van der Waals surface area contributed by atoms with Crippen LogP contribution in [0.1, 0.15) is 44.2 Å². The van der Waals surface area contributed by atoms with Crippen molar-refractivity contribution in [3.8, 4) is 11.5 Å². The zero-order valence-electron chi connectivity index (χ0n) is 13.3. The molecule has 0 fully saturated rings. The van der Waals surface area contributed by atoms with Gasteiger partial charge in [-0.15, -0.1) is 12.4 Å². The number of halogens is 1. The molecule has 1 aliphatic heterocycles. The number of fused-ring (bicyclic) bond motifs is 1. The molecule has 5 nitrogen and oxygen atoms in total. The molecule has 1 heterocycles. The Balaban J connectivity index is 0.00000242. The molecule has 22 heavy (non-hydrogen) atoms. The van der Waals surface area contributed by atoms with Gasteiger partial charge in [0.05, 0.1) is 0 Å². The Labute approximate surface area is 137 Å². The zero-order chi connectivity index (χ0) is 15.4. The summed E-state index contributed by atoms with van der Waals surface area (Å²) in [5, 5.41) is 11.4. The molecule has 1 aliphatic rings. The van der Waals surface area contributed by atoms with E-state index >= 15 is 0 Å². The summed E-state index contributed by atoms with van der Waals surface area (Å²) in [4.78, 5) is 13.7. The van der Waals surface area contributed by atoms with Crippen LogP contribution in [0.2, 0.25) is 0 Å². The van der Waals surface area contributed by atoms with E-state index in [1.54, 1.807) is 6.07 Å². The first-order valence-corrected chi connectivity index (χ1v) is 7.46. The minimum Gasteiger partial charge on any atom is -0.549 e. The van der Waals surface area contributed by atoms with Gasteiger partial charge in [-0.2, -0.15) is 0 Å². The Morgan fingerprint density at radius 1 is 1.23 bits per heavy atom. The van der Waals surface area contributed by atoms with E-state index in [2.05, 4.69) is 18.7 Å². The molecule has 0 bridgehead atoms. The molecule has 1 aromatic rings. The third-order valence-corrected chi connectivity index (χ3v) is 3.99. The number of hydrogen-bond donors (Lipinski definition) is 0. The number of carbonyl (C=O) groups excluding carboxylic acids is 1. The second-order valence-electron chi connectivity index (χ2n) is 5.15. The van der Waals surface area contributed by atoms with Crippen molar-refractivity contribution in [3.05, 3.63) is 23.3 Å². The van der Waals surface area contributed by atoms with E-state index in [-0.39, 0.29) is 19.2 Å². The van der Waals surface area contributed by atoms with E-state index in [9.17, 15) is 9.90 Å². The highest BCUT2D eigenvalue weighted by molar-refractivity contribution is 5.85. The summed E-state index contributed by atoms with van der Waals surface area (Å²) < 4.78 is 10.8. The number of nitrogens with zero attached hydrogens (tertiary/aromatic N) is 1. The Bertz CT molecular complexity index is 517. The van der Waals surface area contributed by atoms with Gasteiger partial charge in [-0.1, -0.05) is 20.8 Å². The first-order chi connectivity index (χ1) is 10.1. The number of carboxylic acid groups (broad SMARTS) is 1. The molecule has 0 amide bonds. The number of benzene rings is 1. The number of hydrogen-bond acceptors (Lipinski definition) is 5. The van der Waals surface area contributed by atoms with E-state index in [1.807, 2.05) is 13.0 Å². The largest absolute Gasteiger partial charge is 0.549 e. The highest BCUT2D eigenvalue weighted by atomic mass is 35.5. The van der Waals surface area contributed by atoms with Crippen molar-refractivity contribution in [2.24, 2.45) is 0 Å². The Kier molecular flexibility index (Phi) is 6.97. The maximum Gasteiger partial charge on any atom is 0.231 e. The smallest absolute Gasteiger partial charge is 0.231 e. The van der Waals surface area contributed by atoms with Gasteiger partial charge >= 0.3 is 0 Å². The number of aliphatic carboxylic acids is 1. The van der Waals surface area contributed by atoms with Crippen molar-refractivity contribution in [2.45, 2.75) is 39.7 Å². The van der Waals surface area contributed by atoms with Gasteiger partial charge in [-0.05, 0) is 42.8 Å². The summed E-state index contributed by atoms with van der Waals surface area (Å²) >= 11 is 0. The first kappa shape index (κ1) is 18.6. The zero-order valence-corrected chi connectivity index (χ0v) is 14.1. The van der Waals surface area contributed by atoms with Crippen LogP contribution in [-0.4, -0.2) is 30.8 Å². The third kappa shape index (κ3) is 3.84. The molecule has 0 radical (unpaired) electrons. The van der Waals surface area contributed by atoms with E-state index in [0.29, 0.717) is 24.5 Å². The van der Waals surface area contributed by atoms with Gasteiger partial charge in [0.25, 0.3) is 0 Å². The van der Waals surface area contributed by atoms with Crippen molar-refractivity contribution < 1.29 is 19.4 Å². The molecule has 0 spiro atoms. The SMILES string of the molecule is CCC(C(=O)[O-])c1cc2c(cc1CN(CC)CC)OCO2.Cl. The van der Waals surface area contributed by atoms with Gasteiger partial charge in [-0.25, -0.2) is 0 Å². The molecule has 6 heteroatoms. The molecular formula is C16H23ClNO4-. The molecule has 2 rings (SSSR count). The Morgan fingerprint density at radius 3 is 2.32 bits per heavy atom. The van der Waals surface area contributed by atoms with E-state index < -0.39 is 11.9 Å². The minimum atomic E-state index is -1.04. The summed E-state index contributed by atoms with van der Waals surface area (Å²) in [5.41, 5.74) is 1.74. The second kappa shape index (κ2) is 8.25. The quantitative estimate of drug-likeness (QED) is 0.765. The fourth-order valence-corrected chi connectivity index (χ4v) is 2.66. The number of rotatable bonds is 7. The fourth-order valence-electron chi connectivity index (χ4n) is 2.66. The third-order valence-electron chi connectivity index (χ3n) is 3.99. The van der Waals surface area contributed by atoms with Crippen LogP contribution in [0.15, 0.2) is 12.1 Å². The molecule has 0 aliphatic carbocycles. The lowest BCUT2D eigenvalue weighted by atomic mass is 9.91. The second-order valence-corrected chi connectivity index (χ2v) is 5.15. The van der Waals surface area contributed by atoms with Crippen molar-refractivity contribution in [2.75, 3.05) is 19.9 Å². The maximum absolute atomic E-state index is 11.4. The molecule has 1 aromatic carbocycles. The summed E-state index contributed by atoms with van der Waals surface area (Å²) in [6.45, 7) is 8.73. The topological polar surface area (TPSA) is 61.8 Å². The molecule has 124 valence electrons. The Morgan fingerprint density at radius 2 is 1.82 bits per heavy atom. The molecular weight excluding hydrogens is 306 g/mol. The summed E-state index contributed by atoms with van der Waals surface area (Å²) in [6.07, 6.45) is 0.493. The van der Waals surface area contributed by atoms with Crippen LogP contribution in [0.25, 0.3) is 0 Å². The van der Waals surface area contributed by atoms with Crippen LogP contribution < -0.4 is 14.6 Å². The number of carboxylic acids is 1. The van der Waals surface area contributed by atoms with Crippen molar-refractivity contribution >= 4 is 18.4 Å². The molecule has 1 atom stereocenters. The van der Waals surface area contributed by atoms with Gasteiger partial charge in [0.15, 0.2) is 11.5 Å². The van der Waals surface area contributed by atoms with E-state index in [0.717, 1.165) is 24.2 Å². The van der Waals surface area contributed by atoms with Crippen molar-refractivity contribution in [3.63, 3.8) is 0 Å². The van der Waals surface area contributed by atoms with Crippen molar-refractivity contribution in [1.29, 1.82) is 0 Å². The monoisotopic (exact) mass is 328 g/mol.